The number of carboxylic acid groups (broad SMARTS) is 1. The van der Waals surface area contributed by atoms with Crippen molar-refractivity contribution in [2.75, 3.05) is 7.11 Å². The van der Waals surface area contributed by atoms with Gasteiger partial charge in [0.05, 0.1) is 7.11 Å². The van der Waals surface area contributed by atoms with Crippen molar-refractivity contribution in [1.29, 1.82) is 0 Å². The number of benzene rings is 2. The Hall–Kier alpha value is -2.46. The number of halogens is 1. The molecule has 0 bridgehead atoms. The highest BCUT2D eigenvalue weighted by Crippen LogP contribution is 2.33. The molecule has 4 nitrogen and oxygen atoms in total. The quantitative estimate of drug-likeness (QED) is 0.817. The van der Waals surface area contributed by atoms with Gasteiger partial charge < -0.3 is 14.6 Å². The standard InChI is InChI=1S/C17H15ClO4/c1-21-15-8-4-6-12(9-10-16(19)20)17(15)22-11-13-5-2-3-7-14(13)18/h2-10H,11H2,1H3,(H,19,20). The molecule has 1 N–H and O–H groups in total. The number of carbonyl (C=O) groups is 1. The largest absolute Gasteiger partial charge is 0.493 e. The van der Waals surface area contributed by atoms with E-state index in [-0.39, 0.29) is 6.61 Å². The summed E-state index contributed by atoms with van der Waals surface area (Å²) in [6.07, 6.45) is 2.52. The van der Waals surface area contributed by atoms with E-state index in [0.29, 0.717) is 22.1 Å². The van der Waals surface area contributed by atoms with Crippen LogP contribution in [0.5, 0.6) is 11.5 Å². The van der Waals surface area contributed by atoms with Crippen molar-refractivity contribution in [2.24, 2.45) is 0 Å². The zero-order valence-electron chi connectivity index (χ0n) is 12.0. The van der Waals surface area contributed by atoms with Crippen LogP contribution in [0.3, 0.4) is 0 Å². The third kappa shape index (κ3) is 4.02. The summed E-state index contributed by atoms with van der Waals surface area (Å²) in [6.45, 7) is 0.258. The van der Waals surface area contributed by atoms with Crippen LogP contribution in [-0.4, -0.2) is 18.2 Å². The van der Waals surface area contributed by atoms with Gasteiger partial charge in [-0.15, -0.1) is 0 Å². The maximum absolute atomic E-state index is 10.7. The van der Waals surface area contributed by atoms with Crippen molar-refractivity contribution in [2.45, 2.75) is 6.61 Å². The van der Waals surface area contributed by atoms with E-state index in [0.717, 1.165) is 11.6 Å². The van der Waals surface area contributed by atoms with E-state index in [9.17, 15) is 4.79 Å². The van der Waals surface area contributed by atoms with E-state index >= 15 is 0 Å². The van der Waals surface area contributed by atoms with Crippen LogP contribution in [0, 0.1) is 0 Å². The highest BCUT2D eigenvalue weighted by molar-refractivity contribution is 6.31. The van der Waals surface area contributed by atoms with Gasteiger partial charge in [-0.3, -0.25) is 0 Å². The number of rotatable bonds is 6. The number of carboxylic acids is 1. The molecule has 2 rings (SSSR count). The molecule has 0 radical (unpaired) electrons. The van der Waals surface area contributed by atoms with Crippen molar-refractivity contribution >= 4 is 23.6 Å². The van der Waals surface area contributed by atoms with Crippen molar-refractivity contribution in [3.8, 4) is 11.5 Å². The number of para-hydroxylation sites is 1. The molecular weight excluding hydrogens is 304 g/mol. The first-order valence-corrected chi connectivity index (χ1v) is 6.94. The monoisotopic (exact) mass is 318 g/mol. The maximum Gasteiger partial charge on any atom is 0.328 e. The molecule has 2 aromatic carbocycles. The van der Waals surface area contributed by atoms with Crippen molar-refractivity contribution < 1.29 is 19.4 Å². The summed E-state index contributed by atoms with van der Waals surface area (Å²) in [5.74, 6) is -0.0260. The molecule has 0 aromatic heterocycles. The Morgan fingerprint density at radius 2 is 2.00 bits per heavy atom. The fourth-order valence-corrected chi connectivity index (χ4v) is 2.10. The first-order valence-electron chi connectivity index (χ1n) is 6.56. The SMILES string of the molecule is COc1cccc(C=CC(=O)O)c1OCc1ccccc1Cl. The Morgan fingerprint density at radius 1 is 1.23 bits per heavy atom. The molecule has 0 aliphatic carbocycles. The van der Waals surface area contributed by atoms with Crippen LogP contribution in [0.15, 0.2) is 48.5 Å². The molecule has 0 saturated heterocycles. The first kappa shape index (κ1) is 15.9. The van der Waals surface area contributed by atoms with Gasteiger partial charge in [0, 0.05) is 22.2 Å². The molecule has 0 spiro atoms. The molecule has 114 valence electrons. The summed E-state index contributed by atoms with van der Waals surface area (Å²) in [5, 5.41) is 9.37. The lowest BCUT2D eigenvalue weighted by Crippen LogP contribution is -2.00. The number of ether oxygens (including phenoxy) is 2. The van der Waals surface area contributed by atoms with Crippen LogP contribution in [0.4, 0.5) is 0 Å². The normalized spacial score (nSPS) is 10.6. The lowest BCUT2D eigenvalue weighted by Gasteiger charge is -2.14. The van der Waals surface area contributed by atoms with E-state index in [1.165, 1.54) is 13.2 Å². The zero-order chi connectivity index (χ0) is 15.9. The number of aliphatic carboxylic acids is 1. The fraction of sp³-hybridized carbons (Fsp3) is 0.118. The van der Waals surface area contributed by atoms with Crippen LogP contribution < -0.4 is 9.47 Å². The van der Waals surface area contributed by atoms with Crippen LogP contribution in [0.2, 0.25) is 5.02 Å². The Labute approximate surface area is 133 Å². The zero-order valence-corrected chi connectivity index (χ0v) is 12.7. The molecule has 22 heavy (non-hydrogen) atoms. The second-order valence-corrected chi connectivity index (χ2v) is 4.84. The van der Waals surface area contributed by atoms with Gasteiger partial charge >= 0.3 is 5.97 Å². The number of methoxy groups -OCH3 is 1. The Kier molecular flexibility index (Phi) is 5.44. The molecule has 0 saturated carbocycles. The Morgan fingerprint density at radius 3 is 2.68 bits per heavy atom. The van der Waals surface area contributed by atoms with Crippen LogP contribution in [-0.2, 0) is 11.4 Å². The van der Waals surface area contributed by atoms with Gasteiger partial charge in [-0.1, -0.05) is 41.9 Å². The minimum absolute atomic E-state index is 0.258. The molecule has 0 aliphatic rings. The second-order valence-electron chi connectivity index (χ2n) is 4.43. The summed E-state index contributed by atoms with van der Waals surface area (Å²) in [4.78, 5) is 10.7. The molecule has 2 aromatic rings. The van der Waals surface area contributed by atoms with E-state index in [2.05, 4.69) is 0 Å². The Balaban J connectivity index is 2.28. The molecule has 0 amide bonds. The van der Waals surface area contributed by atoms with Gasteiger partial charge in [0.2, 0.25) is 0 Å². The molecule has 0 heterocycles. The Bertz CT molecular complexity index is 695. The molecular formula is C17H15ClO4. The second kappa shape index (κ2) is 7.52. The van der Waals surface area contributed by atoms with Gasteiger partial charge in [-0.2, -0.15) is 0 Å². The summed E-state index contributed by atoms with van der Waals surface area (Å²) in [5.41, 5.74) is 1.46. The van der Waals surface area contributed by atoms with Crippen LogP contribution in [0.25, 0.3) is 6.08 Å². The predicted molar refractivity (Wildman–Crippen MR) is 85.4 cm³/mol. The van der Waals surface area contributed by atoms with Gasteiger partial charge in [0.15, 0.2) is 11.5 Å². The molecule has 0 atom stereocenters. The average Bonchev–Trinajstić information content (AvgIpc) is 2.52. The van der Waals surface area contributed by atoms with E-state index in [4.69, 9.17) is 26.2 Å². The van der Waals surface area contributed by atoms with Crippen molar-refractivity contribution in [3.63, 3.8) is 0 Å². The average molecular weight is 319 g/mol. The summed E-state index contributed by atoms with van der Waals surface area (Å²) >= 11 is 6.10. The summed E-state index contributed by atoms with van der Waals surface area (Å²) in [6, 6.07) is 12.6. The van der Waals surface area contributed by atoms with Crippen LogP contribution in [0.1, 0.15) is 11.1 Å². The molecule has 5 heteroatoms. The van der Waals surface area contributed by atoms with E-state index in [1.807, 2.05) is 18.2 Å². The lowest BCUT2D eigenvalue weighted by molar-refractivity contribution is -0.131. The fourth-order valence-electron chi connectivity index (χ4n) is 1.91. The lowest BCUT2D eigenvalue weighted by atomic mass is 10.1. The van der Waals surface area contributed by atoms with Crippen LogP contribution >= 0.6 is 11.6 Å². The third-order valence-electron chi connectivity index (χ3n) is 2.96. The van der Waals surface area contributed by atoms with Gasteiger partial charge in [-0.05, 0) is 18.2 Å². The highest BCUT2D eigenvalue weighted by atomic mass is 35.5. The van der Waals surface area contributed by atoms with Gasteiger partial charge in [0.1, 0.15) is 6.61 Å². The molecule has 0 unspecified atom stereocenters. The maximum atomic E-state index is 10.7. The van der Waals surface area contributed by atoms with Crippen molar-refractivity contribution in [3.05, 3.63) is 64.7 Å². The summed E-state index contributed by atoms with van der Waals surface area (Å²) in [7, 11) is 1.53. The van der Waals surface area contributed by atoms with Gasteiger partial charge in [-0.25, -0.2) is 4.79 Å². The minimum Gasteiger partial charge on any atom is -0.493 e. The molecule has 0 fully saturated rings. The number of hydrogen-bond acceptors (Lipinski definition) is 3. The molecule has 0 aliphatic heterocycles. The third-order valence-corrected chi connectivity index (χ3v) is 3.33. The van der Waals surface area contributed by atoms with Crippen molar-refractivity contribution in [1.82, 2.24) is 0 Å². The van der Waals surface area contributed by atoms with E-state index < -0.39 is 5.97 Å². The minimum atomic E-state index is -1.03. The summed E-state index contributed by atoms with van der Waals surface area (Å²) < 4.78 is 11.1. The van der Waals surface area contributed by atoms with Gasteiger partial charge in [0.25, 0.3) is 0 Å². The topological polar surface area (TPSA) is 55.8 Å². The first-order chi connectivity index (χ1) is 10.6. The highest BCUT2D eigenvalue weighted by Gasteiger charge is 2.10. The smallest absolute Gasteiger partial charge is 0.328 e. The number of hydrogen-bond donors (Lipinski definition) is 1. The van der Waals surface area contributed by atoms with E-state index in [1.54, 1.807) is 24.3 Å². The predicted octanol–water partition coefficient (Wildman–Crippen LogP) is 4.03.